The second-order valence-corrected chi connectivity index (χ2v) is 9.88. The Bertz CT molecular complexity index is 897. The molecule has 1 aromatic rings. The van der Waals surface area contributed by atoms with E-state index in [0.29, 0.717) is 49.2 Å². The van der Waals surface area contributed by atoms with Crippen molar-refractivity contribution in [1.82, 2.24) is 0 Å². The Morgan fingerprint density at radius 1 is 1.04 bits per heavy atom. The molecular formula is C22H30O5. The van der Waals surface area contributed by atoms with Crippen LogP contribution in [0, 0.1) is 30.6 Å². The molecule has 0 radical (unpaired) electrons. The highest BCUT2D eigenvalue weighted by atomic mass is 16.5. The van der Waals surface area contributed by atoms with Gasteiger partial charge in [-0.1, -0.05) is 20.8 Å². The molecule has 0 aromatic carbocycles. The highest BCUT2D eigenvalue weighted by Crippen LogP contribution is 2.65. The molecule has 2 saturated carbocycles. The number of carbonyl (C=O) groups is 1. The van der Waals surface area contributed by atoms with Gasteiger partial charge in [-0.3, -0.25) is 4.79 Å². The van der Waals surface area contributed by atoms with E-state index in [-0.39, 0.29) is 17.3 Å². The number of fused-ring (bicyclic) bond motifs is 4. The summed E-state index contributed by atoms with van der Waals surface area (Å²) in [6, 6.07) is 0. The van der Waals surface area contributed by atoms with Crippen molar-refractivity contribution in [3.63, 3.8) is 0 Å². The monoisotopic (exact) mass is 374 g/mol. The zero-order valence-electron chi connectivity index (χ0n) is 17.2. The Morgan fingerprint density at radius 3 is 2.37 bits per heavy atom. The van der Waals surface area contributed by atoms with Crippen molar-refractivity contribution in [2.24, 2.45) is 16.7 Å². The van der Waals surface area contributed by atoms with Gasteiger partial charge in [0.2, 0.25) is 0 Å². The van der Waals surface area contributed by atoms with Crippen molar-refractivity contribution in [2.45, 2.75) is 84.8 Å². The first-order chi connectivity index (χ1) is 12.4. The second kappa shape index (κ2) is 5.25. The summed E-state index contributed by atoms with van der Waals surface area (Å²) in [7, 11) is 0. The Kier molecular flexibility index (Phi) is 3.64. The Balaban J connectivity index is 1.89. The summed E-state index contributed by atoms with van der Waals surface area (Å²) in [6.45, 7) is 11.6. The number of aliphatic hydroxyl groups is 1. The van der Waals surface area contributed by atoms with Crippen LogP contribution in [0.5, 0.6) is 5.75 Å². The summed E-state index contributed by atoms with van der Waals surface area (Å²) in [5, 5.41) is 11.8. The van der Waals surface area contributed by atoms with E-state index in [1.54, 1.807) is 6.92 Å². The van der Waals surface area contributed by atoms with E-state index in [0.717, 1.165) is 5.56 Å². The maximum atomic E-state index is 12.6. The third kappa shape index (κ3) is 2.09. The minimum Gasteiger partial charge on any atom is -0.486 e. The number of aryl methyl sites for hydroxylation is 1. The molecule has 0 bridgehead atoms. The summed E-state index contributed by atoms with van der Waals surface area (Å²) >= 11 is 0. The second-order valence-electron chi connectivity index (χ2n) is 9.88. The molecule has 3 aliphatic rings. The molecular weight excluding hydrogens is 344 g/mol. The molecule has 5 nitrogen and oxygen atoms in total. The number of Topliss-reactive ketones (excluding diaryl/α,β-unsaturated/α-hetero) is 1. The van der Waals surface area contributed by atoms with Crippen LogP contribution in [0.2, 0.25) is 0 Å². The molecule has 4 rings (SSSR count). The molecule has 2 aliphatic carbocycles. The molecule has 27 heavy (non-hydrogen) atoms. The van der Waals surface area contributed by atoms with Gasteiger partial charge in [0.25, 0.3) is 0 Å². The Labute approximate surface area is 160 Å². The zero-order chi connectivity index (χ0) is 20.0. The van der Waals surface area contributed by atoms with Crippen LogP contribution in [-0.4, -0.2) is 22.1 Å². The van der Waals surface area contributed by atoms with Crippen molar-refractivity contribution >= 4 is 5.78 Å². The number of hydrogen-bond acceptors (Lipinski definition) is 5. The van der Waals surface area contributed by atoms with Crippen LogP contribution >= 0.6 is 0 Å². The number of ether oxygens (including phenoxy) is 1. The van der Waals surface area contributed by atoms with E-state index in [9.17, 15) is 14.7 Å². The van der Waals surface area contributed by atoms with E-state index in [4.69, 9.17) is 9.15 Å². The first-order valence-corrected chi connectivity index (χ1v) is 9.95. The van der Waals surface area contributed by atoms with Crippen LogP contribution < -0.4 is 10.4 Å². The standard InChI is InChI=1S/C22H30O5/c1-12-13(2)26-18(24)14-11-15-20(5)8-7-16(23)19(3,4)22(20,25)10-9-21(15,6)27-17(12)14/h15,25H,7-11H2,1-6H3. The summed E-state index contributed by atoms with van der Waals surface area (Å²) in [6.07, 6.45) is 2.74. The first-order valence-electron chi connectivity index (χ1n) is 9.95. The van der Waals surface area contributed by atoms with E-state index in [1.807, 2.05) is 20.8 Å². The number of ketones is 1. The molecule has 0 spiro atoms. The van der Waals surface area contributed by atoms with Crippen LogP contribution in [-0.2, 0) is 11.2 Å². The van der Waals surface area contributed by atoms with Crippen LogP contribution in [0.1, 0.15) is 70.3 Å². The third-order valence-electron chi connectivity index (χ3n) is 8.42. The molecule has 0 saturated heterocycles. The maximum absolute atomic E-state index is 12.6. The molecule has 4 atom stereocenters. The minimum absolute atomic E-state index is 0.0615. The number of hydrogen-bond donors (Lipinski definition) is 1. The average Bonchev–Trinajstić information content (AvgIpc) is 2.59. The predicted octanol–water partition coefficient (Wildman–Crippen LogP) is 3.49. The van der Waals surface area contributed by atoms with Gasteiger partial charge in [-0.2, -0.15) is 0 Å². The summed E-state index contributed by atoms with van der Waals surface area (Å²) in [5.41, 5.74) is -1.82. The lowest BCUT2D eigenvalue weighted by Crippen LogP contribution is -2.72. The molecule has 1 aromatic heterocycles. The van der Waals surface area contributed by atoms with Crippen molar-refractivity contribution in [3.05, 3.63) is 27.3 Å². The normalized spacial score (nSPS) is 39.8. The number of rotatable bonds is 0. The lowest BCUT2D eigenvalue weighted by atomic mass is 9.42. The Hall–Kier alpha value is -1.62. The van der Waals surface area contributed by atoms with Crippen LogP contribution in [0.15, 0.2) is 9.21 Å². The van der Waals surface area contributed by atoms with Gasteiger partial charge in [-0.05, 0) is 46.5 Å². The van der Waals surface area contributed by atoms with Gasteiger partial charge < -0.3 is 14.3 Å². The van der Waals surface area contributed by atoms with E-state index in [2.05, 4.69) is 13.8 Å². The van der Waals surface area contributed by atoms with E-state index < -0.39 is 22.0 Å². The fraction of sp³-hybridized carbons (Fsp3) is 0.727. The maximum Gasteiger partial charge on any atom is 0.342 e. The summed E-state index contributed by atoms with van der Waals surface area (Å²) in [4.78, 5) is 25.2. The quantitative estimate of drug-likeness (QED) is 0.752. The van der Waals surface area contributed by atoms with Crippen LogP contribution in [0.3, 0.4) is 0 Å². The topological polar surface area (TPSA) is 76.7 Å². The highest BCUT2D eigenvalue weighted by Gasteiger charge is 2.70. The molecule has 148 valence electrons. The SMILES string of the molecule is Cc1oc(=O)c2c(c1C)OC1(C)CCC3(O)C(C)(C)C(=O)CCC3(C)C1C2. The summed E-state index contributed by atoms with van der Waals surface area (Å²) in [5.74, 6) is 1.30. The van der Waals surface area contributed by atoms with Gasteiger partial charge in [0.15, 0.2) is 0 Å². The average molecular weight is 374 g/mol. The van der Waals surface area contributed by atoms with Crippen molar-refractivity contribution < 1.29 is 19.1 Å². The zero-order valence-corrected chi connectivity index (χ0v) is 17.2. The number of carbonyl (C=O) groups excluding carboxylic acids is 1. The van der Waals surface area contributed by atoms with Gasteiger partial charge >= 0.3 is 5.63 Å². The minimum atomic E-state index is -1.11. The molecule has 0 amide bonds. The van der Waals surface area contributed by atoms with Crippen molar-refractivity contribution in [2.75, 3.05) is 0 Å². The smallest absolute Gasteiger partial charge is 0.342 e. The predicted molar refractivity (Wildman–Crippen MR) is 101 cm³/mol. The van der Waals surface area contributed by atoms with Gasteiger partial charge in [-0.15, -0.1) is 0 Å². The fourth-order valence-electron chi connectivity index (χ4n) is 6.25. The third-order valence-corrected chi connectivity index (χ3v) is 8.42. The molecule has 5 heteroatoms. The fourth-order valence-corrected chi connectivity index (χ4v) is 6.25. The Morgan fingerprint density at radius 2 is 1.70 bits per heavy atom. The van der Waals surface area contributed by atoms with Crippen LogP contribution in [0.4, 0.5) is 0 Å². The lowest BCUT2D eigenvalue weighted by molar-refractivity contribution is -0.254. The van der Waals surface area contributed by atoms with E-state index >= 15 is 0 Å². The van der Waals surface area contributed by atoms with Crippen molar-refractivity contribution in [3.8, 4) is 5.75 Å². The molecule has 1 aliphatic heterocycles. The lowest BCUT2D eigenvalue weighted by Gasteiger charge is -2.66. The largest absolute Gasteiger partial charge is 0.486 e. The molecule has 1 N–H and O–H groups in total. The molecule has 2 heterocycles. The first kappa shape index (κ1) is 18.7. The summed E-state index contributed by atoms with van der Waals surface area (Å²) < 4.78 is 11.9. The highest BCUT2D eigenvalue weighted by molar-refractivity contribution is 5.87. The van der Waals surface area contributed by atoms with Gasteiger partial charge in [-0.25, -0.2) is 4.79 Å². The van der Waals surface area contributed by atoms with Crippen LogP contribution in [0.25, 0.3) is 0 Å². The van der Waals surface area contributed by atoms with Gasteiger partial charge in [0, 0.05) is 23.3 Å². The van der Waals surface area contributed by atoms with Gasteiger partial charge in [0.1, 0.15) is 22.9 Å². The molecule has 4 unspecified atom stereocenters. The van der Waals surface area contributed by atoms with E-state index in [1.165, 1.54) is 0 Å². The van der Waals surface area contributed by atoms with Gasteiger partial charge in [0.05, 0.1) is 16.6 Å². The van der Waals surface area contributed by atoms with Crippen molar-refractivity contribution in [1.29, 1.82) is 0 Å². The molecule has 2 fully saturated rings.